The number of carbonyl (C=O) groups excluding carboxylic acids is 2. The highest BCUT2D eigenvalue weighted by atomic mass is 19.1. The first-order valence-electron chi connectivity index (χ1n) is 8.62. The van der Waals surface area contributed by atoms with E-state index in [-0.39, 0.29) is 5.56 Å². The summed E-state index contributed by atoms with van der Waals surface area (Å²) in [6, 6.07) is 1.88. The number of aliphatic hydroxyl groups is 2. The van der Waals surface area contributed by atoms with Crippen molar-refractivity contribution in [3.63, 3.8) is 0 Å². The van der Waals surface area contributed by atoms with Gasteiger partial charge in [-0.2, -0.15) is 0 Å². The molecule has 0 saturated carbocycles. The van der Waals surface area contributed by atoms with E-state index in [9.17, 15) is 33.4 Å². The van der Waals surface area contributed by atoms with Crippen LogP contribution in [0.3, 0.4) is 0 Å². The number of aliphatic hydroxyl groups excluding tert-OH is 1. The van der Waals surface area contributed by atoms with Gasteiger partial charge in [0.15, 0.2) is 17.7 Å². The van der Waals surface area contributed by atoms with Crippen molar-refractivity contribution in [2.45, 2.75) is 25.8 Å². The van der Waals surface area contributed by atoms with E-state index in [0.717, 1.165) is 37.1 Å². The van der Waals surface area contributed by atoms with E-state index in [1.54, 1.807) is 0 Å². The average Bonchev–Trinajstić information content (AvgIpc) is 2.67. The summed E-state index contributed by atoms with van der Waals surface area (Å²) in [5.41, 5.74) is -1.92. The molecule has 0 bridgehead atoms. The minimum absolute atomic E-state index is 0.0194. The predicted molar refractivity (Wildman–Crippen MR) is 99.1 cm³/mol. The molecule has 9 nitrogen and oxygen atoms in total. The highest BCUT2D eigenvalue weighted by molar-refractivity contribution is 5.97. The Morgan fingerprint density at radius 3 is 2.43 bits per heavy atom. The van der Waals surface area contributed by atoms with Gasteiger partial charge in [-0.05, 0) is 13.0 Å². The molecule has 1 unspecified atom stereocenters. The second kappa shape index (κ2) is 9.46. The largest absolute Gasteiger partial charge is 0.491 e. The van der Waals surface area contributed by atoms with E-state index >= 15 is 0 Å². The maximum Gasteiger partial charge on any atom is 0.358 e. The Labute approximate surface area is 169 Å². The maximum absolute atomic E-state index is 14.0. The van der Waals surface area contributed by atoms with Crippen molar-refractivity contribution in [2.24, 2.45) is 0 Å². The van der Waals surface area contributed by atoms with Crippen molar-refractivity contribution in [1.29, 1.82) is 0 Å². The molecule has 0 aliphatic carbocycles. The Morgan fingerprint density at radius 2 is 1.90 bits per heavy atom. The molecule has 0 fully saturated rings. The van der Waals surface area contributed by atoms with Gasteiger partial charge in [-0.15, -0.1) is 0 Å². The average molecular weight is 426 g/mol. The normalized spacial score (nSPS) is 11.9. The first-order valence-corrected chi connectivity index (χ1v) is 8.62. The number of amides is 1. The molecule has 11 heteroatoms. The van der Waals surface area contributed by atoms with Crippen LogP contribution >= 0.6 is 0 Å². The molecule has 0 radical (unpaired) electrons. The molecule has 1 atom stereocenters. The van der Waals surface area contributed by atoms with Crippen molar-refractivity contribution in [2.75, 3.05) is 14.2 Å². The summed E-state index contributed by atoms with van der Waals surface area (Å²) in [4.78, 5) is 37.4. The van der Waals surface area contributed by atoms with Gasteiger partial charge in [0, 0.05) is 17.8 Å². The highest BCUT2D eigenvalue weighted by Gasteiger charge is 2.27. The molecule has 0 aliphatic heterocycles. The smallest absolute Gasteiger partial charge is 0.358 e. The maximum atomic E-state index is 14.0. The van der Waals surface area contributed by atoms with Gasteiger partial charge in [0.25, 0.3) is 5.91 Å². The lowest BCUT2D eigenvalue weighted by molar-refractivity contribution is -0.0519. The number of methoxy groups -OCH3 is 2. The molecule has 0 aliphatic rings. The lowest BCUT2D eigenvalue weighted by atomic mass is 10.1. The van der Waals surface area contributed by atoms with Crippen LogP contribution in [-0.4, -0.2) is 47.2 Å². The number of aromatic nitrogens is 1. The molecule has 1 heterocycles. The Kier molecular flexibility index (Phi) is 7.24. The molecule has 3 N–H and O–H groups in total. The van der Waals surface area contributed by atoms with Crippen LogP contribution in [0.15, 0.2) is 29.2 Å². The fourth-order valence-corrected chi connectivity index (χ4v) is 2.82. The Hall–Kier alpha value is -3.31. The Bertz CT molecular complexity index is 1020. The second-order valence-corrected chi connectivity index (χ2v) is 6.24. The summed E-state index contributed by atoms with van der Waals surface area (Å²) in [6.45, 7) is 0.841. The van der Waals surface area contributed by atoms with Crippen LogP contribution in [0.4, 0.5) is 8.78 Å². The molecule has 1 amide bonds. The summed E-state index contributed by atoms with van der Waals surface area (Å²) in [6.07, 6.45) is -0.997. The minimum Gasteiger partial charge on any atom is -0.491 e. The van der Waals surface area contributed by atoms with Gasteiger partial charge in [0.2, 0.25) is 5.43 Å². The monoisotopic (exact) mass is 426 g/mol. The second-order valence-electron chi connectivity index (χ2n) is 6.24. The first-order chi connectivity index (χ1) is 14.1. The SMILES string of the molecule is COC(=O)c1c(OC)c(=O)c(C(=O)NC(C)c2ccc(F)cc2F)cn1CC(O)O. The molecule has 0 saturated heterocycles. The number of pyridine rings is 1. The van der Waals surface area contributed by atoms with Crippen molar-refractivity contribution < 1.29 is 38.1 Å². The van der Waals surface area contributed by atoms with E-state index in [0.29, 0.717) is 6.07 Å². The Balaban J connectivity index is 2.50. The zero-order chi connectivity index (χ0) is 22.6. The quantitative estimate of drug-likeness (QED) is 0.440. The third-order valence-electron chi connectivity index (χ3n) is 4.20. The molecule has 162 valence electrons. The summed E-state index contributed by atoms with van der Waals surface area (Å²) in [5, 5.41) is 21.0. The van der Waals surface area contributed by atoms with Gasteiger partial charge in [-0.3, -0.25) is 9.59 Å². The summed E-state index contributed by atoms with van der Waals surface area (Å²) in [5.74, 6) is -4.17. The number of benzene rings is 1. The van der Waals surface area contributed by atoms with E-state index in [1.807, 2.05) is 0 Å². The number of ether oxygens (including phenoxy) is 2. The lowest BCUT2D eigenvalue weighted by Gasteiger charge is -2.19. The summed E-state index contributed by atoms with van der Waals surface area (Å²) < 4.78 is 37.5. The number of nitrogens with zero attached hydrogens (tertiary/aromatic N) is 1. The molecular formula is C19H20F2N2O7. The summed E-state index contributed by atoms with van der Waals surface area (Å²) in [7, 11) is 2.13. The number of hydrogen-bond acceptors (Lipinski definition) is 7. The van der Waals surface area contributed by atoms with E-state index in [1.165, 1.54) is 6.92 Å². The van der Waals surface area contributed by atoms with Crippen LogP contribution in [0, 0.1) is 11.6 Å². The van der Waals surface area contributed by atoms with Gasteiger partial charge in [-0.1, -0.05) is 6.07 Å². The van der Waals surface area contributed by atoms with E-state index < -0.39 is 64.8 Å². The minimum atomic E-state index is -1.93. The van der Waals surface area contributed by atoms with Crippen molar-refractivity contribution in [3.8, 4) is 5.75 Å². The van der Waals surface area contributed by atoms with Crippen LogP contribution in [0.2, 0.25) is 0 Å². The number of esters is 1. The topological polar surface area (TPSA) is 127 Å². The van der Waals surface area contributed by atoms with Gasteiger partial charge in [0.05, 0.1) is 26.8 Å². The molecule has 2 rings (SSSR count). The van der Waals surface area contributed by atoms with Crippen molar-refractivity contribution in [3.05, 3.63) is 63.1 Å². The van der Waals surface area contributed by atoms with E-state index in [4.69, 9.17) is 4.74 Å². The van der Waals surface area contributed by atoms with E-state index in [2.05, 4.69) is 10.1 Å². The molecule has 1 aromatic carbocycles. The number of nitrogens with one attached hydrogen (secondary N) is 1. The van der Waals surface area contributed by atoms with Crippen molar-refractivity contribution >= 4 is 11.9 Å². The molecule has 30 heavy (non-hydrogen) atoms. The molecule has 1 aromatic heterocycles. The van der Waals surface area contributed by atoms with Gasteiger partial charge < -0.3 is 29.6 Å². The fourth-order valence-electron chi connectivity index (χ4n) is 2.82. The molecule has 0 spiro atoms. The molecule has 2 aromatic rings. The van der Waals surface area contributed by atoms with Crippen LogP contribution in [-0.2, 0) is 11.3 Å². The number of carbonyl (C=O) groups is 2. The van der Waals surface area contributed by atoms with Crippen molar-refractivity contribution in [1.82, 2.24) is 9.88 Å². The zero-order valence-electron chi connectivity index (χ0n) is 16.3. The lowest BCUT2D eigenvalue weighted by Crippen LogP contribution is -2.34. The first kappa shape index (κ1) is 23.0. The third-order valence-corrected chi connectivity index (χ3v) is 4.20. The van der Waals surface area contributed by atoms with Crippen LogP contribution in [0.1, 0.15) is 39.4 Å². The standard InChI is InChI=1S/C19H20F2N2O7/c1-9(11-5-4-10(20)6-13(11)21)22-18(27)12-7-23(8-14(24)25)15(19(28)30-3)17(29-2)16(12)26/h4-7,9,14,24-25H,8H2,1-3H3,(H,22,27). The Morgan fingerprint density at radius 1 is 1.23 bits per heavy atom. The van der Waals surface area contributed by atoms with Gasteiger partial charge >= 0.3 is 5.97 Å². The van der Waals surface area contributed by atoms with Crippen LogP contribution < -0.4 is 15.5 Å². The third kappa shape index (κ3) is 4.81. The highest BCUT2D eigenvalue weighted by Crippen LogP contribution is 2.20. The predicted octanol–water partition coefficient (Wildman–Crippen LogP) is 0.723. The summed E-state index contributed by atoms with van der Waals surface area (Å²) >= 11 is 0. The zero-order valence-corrected chi connectivity index (χ0v) is 16.3. The number of hydrogen-bond donors (Lipinski definition) is 3. The molecular weight excluding hydrogens is 406 g/mol. The van der Waals surface area contributed by atoms with Gasteiger partial charge in [0.1, 0.15) is 17.2 Å². The van der Waals surface area contributed by atoms with Crippen LogP contribution in [0.25, 0.3) is 0 Å². The van der Waals surface area contributed by atoms with Crippen LogP contribution in [0.5, 0.6) is 5.75 Å². The number of rotatable bonds is 7. The fraction of sp³-hybridized carbons (Fsp3) is 0.316. The van der Waals surface area contributed by atoms with Gasteiger partial charge in [-0.25, -0.2) is 13.6 Å². The number of halogens is 2.